The summed E-state index contributed by atoms with van der Waals surface area (Å²) in [5.74, 6) is 0. The van der Waals surface area contributed by atoms with Gasteiger partial charge in [0.05, 0.1) is 0 Å². The van der Waals surface area contributed by atoms with Gasteiger partial charge in [-0.15, -0.1) is 0 Å². The summed E-state index contributed by atoms with van der Waals surface area (Å²) in [5.41, 5.74) is 13.0. The van der Waals surface area contributed by atoms with Crippen molar-refractivity contribution in [3.05, 3.63) is 200 Å². The Kier molecular flexibility index (Phi) is 7.63. The van der Waals surface area contributed by atoms with E-state index in [9.17, 15) is 0 Å². The lowest BCUT2D eigenvalue weighted by atomic mass is 9.90. The highest BCUT2D eigenvalue weighted by molar-refractivity contribution is 6.01. The van der Waals surface area contributed by atoms with E-state index in [2.05, 4.69) is 205 Å². The molecule has 0 heterocycles. The number of hydrogen-bond donors (Lipinski definition) is 0. The second-order valence-electron chi connectivity index (χ2n) is 11.8. The molecule has 8 rings (SSSR count). The van der Waals surface area contributed by atoms with Gasteiger partial charge in [-0.3, -0.25) is 0 Å². The average molecular weight is 600 g/mol. The minimum atomic E-state index is 1.10. The van der Waals surface area contributed by atoms with Gasteiger partial charge in [0.25, 0.3) is 0 Å². The minimum absolute atomic E-state index is 1.10. The number of rotatable bonds is 7. The lowest BCUT2D eigenvalue weighted by molar-refractivity contribution is 1.28. The zero-order valence-corrected chi connectivity index (χ0v) is 26.0. The van der Waals surface area contributed by atoms with E-state index in [0.717, 1.165) is 17.1 Å². The Balaban J connectivity index is 1.29. The maximum absolute atomic E-state index is 2.36. The lowest BCUT2D eigenvalue weighted by Crippen LogP contribution is -2.10. The molecule has 0 spiro atoms. The van der Waals surface area contributed by atoms with Gasteiger partial charge < -0.3 is 4.90 Å². The number of anilines is 3. The monoisotopic (exact) mass is 599 g/mol. The summed E-state index contributed by atoms with van der Waals surface area (Å²) in [6.07, 6.45) is 0. The van der Waals surface area contributed by atoms with Gasteiger partial charge in [-0.1, -0.05) is 164 Å². The molecule has 0 fully saturated rings. The van der Waals surface area contributed by atoms with Crippen molar-refractivity contribution in [1.82, 2.24) is 0 Å². The fourth-order valence-electron chi connectivity index (χ4n) is 6.54. The van der Waals surface area contributed by atoms with E-state index in [0.29, 0.717) is 0 Å². The average Bonchev–Trinajstić information content (AvgIpc) is 3.16. The van der Waals surface area contributed by atoms with Crippen LogP contribution in [0.15, 0.2) is 200 Å². The molecule has 0 aliphatic rings. The highest BCUT2D eigenvalue weighted by atomic mass is 15.1. The minimum Gasteiger partial charge on any atom is -0.310 e. The van der Waals surface area contributed by atoms with Crippen LogP contribution in [0.2, 0.25) is 0 Å². The van der Waals surface area contributed by atoms with E-state index >= 15 is 0 Å². The molecule has 0 aromatic heterocycles. The maximum atomic E-state index is 2.36. The van der Waals surface area contributed by atoms with Crippen LogP contribution in [-0.4, -0.2) is 0 Å². The largest absolute Gasteiger partial charge is 0.310 e. The van der Waals surface area contributed by atoms with Gasteiger partial charge in [-0.05, 0) is 91.7 Å². The first-order valence-electron chi connectivity index (χ1n) is 16.1. The summed E-state index contributed by atoms with van der Waals surface area (Å²) in [5, 5.41) is 2.50. The Morgan fingerprint density at radius 2 is 0.702 bits per heavy atom. The Morgan fingerprint density at radius 1 is 0.255 bits per heavy atom. The predicted molar refractivity (Wildman–Crippen MR) is 200 cm³/mol. The summed E-state index contributed by atoms with van der Waals surface area (Å²) >= 11 is 0. The van der Waals surface area contributed by atoms with E-state index < -0.39 is 0 Å². The highest BCUT2D eigenvalue weighted by Crippen LogP contribution is 2.42. The van der Waals surface area contributed by atoms with Gasteiger partial charge in [0.15, 0.2) is 0 Å². The van der Waals surface area contributed by atoms with Crippen LogP contribution < -0.4 is 4.90 Å². The summed E-state index contributed by atoms with van der Waals surface area (Å²) in [7, 11) is 0. The zero-order valence-electron chi connectivity index (χ0n) is 26.0. The van der Waals surface area contributed by atoms with Crippen molar-refractivity contribution in [3.63, 3.8) is 0 Å². The molecular formula is C46H33N. The molecule has 222 valence electrons. The van der Waals surface area contributed by atoms with Crippen molar-refractivity contribution in [2.45, 2.75) is 0 Å². The van der Waals surface area contributed by atoms with Crippen LogP contribution in [0.5, 0.6) is 0 Å². The van der Waals surface area contributed by atoms with Crippen LogP contribution in [0.25, 0.3) is 55.3 Å². The standard InChI is InChI=1S/C46H33N/c1-4-13-34(14-5-1)36-23-27-40(28-24-36)47(41-29-25-37(26-30-41)35-15-6-2-7-16-35)42-31-32-45(46(33-42)39-17-8-3-9-18-39)44-22-12-20-38-19-10-11-21-43(38)44/h1-33H. The SMILES string of the molecule is c1ccc(-c2ccc(N(c3ccc(-c4ccccc4)cc3)c3ccc(-c4cccc5ccccc45)c(-c4ccccc4)c3)cc2)cc1. The van der Waals surface area contributed by atoms with E-state index in [1.54, 1.807) is 0 Å². The molecule has 1 heteroatoms. The van der Waals surface area contributed by atoms with E-state index in [-0.39, 0.29) is 0 Å². The van der Waals surface area contributed by atoms with Crippen molar-refractivity contribution < 1.29 is 0 Å². The lowest BCUT2D eigenvalue weighted by Gasteiger charge is -2.27. The highest BCUT2D eigenvalue weighted by Gasteiger charge is 2.18. The summed E-state index contributed by atoms with van der Waals surface area (Å²) in [6.45, 7) is 0. The smallest absolute Gasteiger partial charge is 0.0468 e. The Morgan fingerprint density at radius 3 is 1.28 bits per heavy atom. The normalized spacial score (nSPS) is 11.0. The second kappa shape index (κ2) is 12.7. The molecule has 1 nitrogen and oxygen atoms in total. The first-order chi connectivity index (χ1) is 23.3. The van der Waals surface area contributed by atoms with Crippen LogP contribution in [0.3, 0.4) is 0 Å². The fourth-order valence-corrected chi connectivity index (χ4v) is 6.54. The third kappa shape index (κ3) is 5.72. The van der Waals surface area contributed by atoms with Crippen LogP contribution >= 0.6 is 0 Å². The molecule has 0 bridgehead atoms. The molecule has 0 saturated heterocycles. The second-order valence-corrected chi connectivity index (χ2v) is 11.8. The van der Waals surface area contributed by atoms with Gasteiger partial charge in [-0.2, -0.15) is 0 Å². The van der Waals surface area contributed by atoms with Crippen molar-refractivity contribution in [3.8, 4) is 44.5 Å². The van der Waals surface area contributed by atoms with Gasteiger partial charge in [0, 0.05) is 17.1 Å². The van der Waals surface area contributed by atoms with Crippen LogP contribution in [0.4, 0.5) is 17.1 Å². The van der Waals surface area contributed by atoms with Gasteiger partial charge in [0.2, 0.25) is 0 Å². The van der Waals surface area contributed by atoms with E-state index in [1.165, 1.54) is 55.3 Å². The molecule has 0 aliphatic heterocycles. The summed E-state index contributed by atoms with van der Waals surface area (Å²) < 4.78 is 0. The quantitative estimate of drug-likeness (QED) is 0.176. The zero-order chi connectivity index (χ0) is 31.4. The number of benzene rings is 8. The molecular weight excluding hydrogens is 567 g/mol. The third-order valence-corrected chi connectivity index (χ3v) is 8.89. The molecule has 8 aromatic rings. The van der Waals surface area contributed by atoms with Crippen molar-refractivity contribution in [1.29, 1.82) is 0 Å². The van der Waals surface area contributed by atoms with E-state index in [4.69, 9.17) is 0 Å². The Hall–Kier alpha value is -6.18. The Bertz CT molecular complexity index is 2170. The first-order valence-corrected chi connectivity index (χ1v) is 16.1. The van der Waals surface area contributed by atoms with Gasteiger partial charge >= 0.3 is 0 Å². The molecule has 0 N–H and O–H groups in total. The van der Waals surface area contributed by atoms with Crippen LogP contribution in [-0.2, 0) is 0 Å². The molecule has 0 radical (unpaired) electrons. The topological polar surface area (TPSA) is 3.24 Å². The first kappa shape index (κ1) is 28.3. The Labute approximate surface area is 276 Å². The molecule has 47 heavy (non-hydrogen) atoms. The van der Waals surface area contributed by atoms with E-state index in [1.807, 2.05) is 0 Å². The number of hydrogen-bond acceptors (Lipinski definition) is 1. The number of fused-ring (bicyclic) bond motifs is 1. The number of nitrogens with zero attached hydrogens (tertiary/aromatic N) is 1. The van der Waals surface area contributed by atoms with Crippen molar-refractivity contribution in [2.75, 3.05) is 4.90 Å². The molecule has 0 unspecified atom stereocenters. The molecule has 0 saturated carbocycles. The van der Waals surface area contributed by atoms with Gasteiger partial charge in [-0.25, -0.2) is 0 Å². The predicted octanol–water partition coefficient (Wildman–Crippen LogP) is 13.0. The van der Waals surface area contributed by atoms with Crippen molar-refractivity contribution >= 4 is 27.8 Å². The van der Waals surface area contributed by atoms with Crippen LogP contribution in [0.1, 0.15) is 0 Å². The summed E-state index contributed by atoms with van der Waals surface area (Å²) in [4.78, 5) is 2.36. The van der Waals surface area contributed by atoms with Crippen molar-refractivity contribution in [2.24, 2.45) is 0 Å². The maximum Gasteiger partial charge on any atom is 0.0468 e. The van der Waals surface area contributed by atoms with Crippen LogP contribution in [0, 0.1) is 0 Å². The summed E-state index contributed by atoms with van der Waals surface area (Å²) in [6, 6.07) is 71.8. The van der Waals surface area contributed by atoms with Gasteiger partial charge in [0.1, 0.15) is 0 Å². The molecule has 0 amide bonds. The fraction of sp³-hybridized carbons (Fsp3) is 0. The molecule has 8 aromatic carbocycles. The third-order valence-electron chi connectivity index (χ3n) is 8.89. The molecule has 0 aliphatic carbocycles. The molecule has 0 atom stereocenters.